The van der Waals surface area contributed by atoms with Crippen molar-refractivity contribution in [3.8, 4) is 11.5 Å². The number of hydrogen-bond acceptors (Lipinski definition) is 4. The Morgan fingerprint density at radius 3 is 3.00 bits per heavy atom. The predicted molar refractivity (Wildman–Crippen MR) is 101 cm³/mol. The van der Waals surface area contributed by atoms with Crippen LogP contribution in [0.1, 0.15) is 12.8 Å². The van der Waals surface area contributed by atoms with Crippen LogP contribution in [-0.4, -0.2) is 42.7 Å². The van der Waals surface area contributed by atoms with E-state index in [1.165, 1.54) is 0 Å². The predicted octanol–water partition coefficient (Wildman–Crippen LogP) is 4.07. The second-order valence-corrected chi connectivity index (χ2v) is 6.57. The molecule has 1 saturated heterocycles. The van der Waals surface area contributed by atoms with Crippen LogP contribution in [0.15, 0.2) is 42.6 Å². The molecule has 1 fully saturated rings. The zero-order valence-corrected chi connectivity index (χ0v) is 15.4. The van der Waals surface area contributed by atoms with Gasteiger partial charge in [0.05, 0.1) is 19.4 Å². The molecule has 0 aliphatic carbocycles. The number of rotatable bonds is 5. The molecule has 1 aliphatic rings. The Morgan fingerprint density at radius 2 is 2.19 bits per heavy atom. The van der Waals surface area contributed by atoms with E-state index in [0.717, 1.165) is 30.9 Å². The Hall–Kier alpha value is -2.47. The molecule has 2 aromatic rings. The van der Waals surface area contributed by atoms with Crippen LogP contribution in [-0.2, 0) is 0 Å². The van der Waals surface area contributed by atoms with Crippen LogP contribution in [0.2, 0.25) is 5.15 Å². The van der Waals surface area contributed by atoms with Gasteiger partial charge in [0.15, 0.2) is 5.15 Å². The molecule has 2 heterocycles. The van der Waals surface area contributed by atoms with Gasteiger partial charge in [-0.1, -0.05) is 17.7 Å². The number of pyridine rings is 1. The number of urea groups is 1. The van der Waals surface area contributed by atoms with Crippen LogP contribution in [0, 0.1) is 5.92 Å². The molecule has 0 saturated carbocycles. The van der Waals surface area contributed by atoms with Gasteiger partial charge >= 0.3 is 6.03 Å². The highest BCUT2D eigenvalue weighted by atomic mass is 35.5. The molecule has 0 unspecified atom stereocenters. The quantitative estimate of drug-likeness (QED) is 0.800. The van der Waals surface area contributed by atoms with E-state index in [4.69, 9.17) is 21.1 Å². The van der Waals surface area contributed by atoms with Crippen molar-refractivity contribution in [2.75, 3.05) is 32.1 Å². The number of halogens is 1. The lowest BCUT2D eigenvalue weighted by atomic mass is 9.99. The van der Waals surface area contributed by atoms with E-state index in [2.05, 4.69) is 10.3 Å². The van der Waals surface area contributed by atoms with Crippen molar-refractivity contribution < 1.29 is 14.3 Å². The van der Waals surface area contributed by atoms with Crippen LogP contribution < -0.4 is 14.8 Å². The Bertz CT molecular complexity index is 756. The zero-order chi connectivity index (χ0) is 18.4. The average molecular weight is 376 g/mol. The maximum atomic E-state index is 12.5. The fourth-order valence-corrected chi connectivity index (χ4v) is 3.13. The highest BCUT2D eigenvalue weighted by Gasteiger charge is 2.24. The third-order valence-corrected chi connectivity index (χ3v) is 4.63. The summed E-state index contributed by atoms with van der Waals surface area (Å²) in [7, 11) is 1.63. The SMILES string of the molecule is COc1cccc(OC[C@H]2CCCN(C(=O)Nc3cccnc3Cl)C2)c1. The summed E-state index contributed by atoms with van der Waals surface area (Å²) in [5.74, 6) is 1.82. The van der Waals surface area contributed by atoms with Gasteiger partial charge in [0.1, 0.15) is 11.5 Å². The van der Waals surface area contributed by atoms with Gasteiger partial charge in [-0.3, -0.25) is 0 Å². The number of methoxy groups -OCH3 is 1. The third kappa shape index (κ3) is 4.79. The lowest BCUT2D eigenvalue weighted by Gasteiger charge is -2.32. The second-order valence-electron chi connectivity index (χ2n) is 6.22. The van der Waals surface area contributed by atoms with Crippen molar-refractivity contribution in [1.82, 2.24) is 9.88 Å². The van der Waals surface area contributed by atoms with Crippen molar-refractivity contribution in [3.63, 3.8) is 0 Å². The highest BCUT2D eigenvalue weighted by molar-refractivity contribution is 6.32. The molecule has 6 nitrogen and oxygen atoms in total. The van der Waals surface area contributed by atoms with E-state index < -0.39 is 0 Å². The van der Waals surface area contributed by atoms with Crippen molar-refractivity contribution >= 4 is 23.3 Å². The molecule has 138 valence electrons. The summed E-state index contributed by atoms with van der Waals surface area (Å²) in [6, 6.07) is 10.8. The summed E-state index contributed by atoms with van der Waals surface area (Å²) in [5, 5.41) is 3.11. The minimum atomic E-state index is -0.161. The lowest BCUT2D eigenvalue weighted by Crippen LogP contribution is -2.43. The normalized spacial score (nSPS) is 16.8. The molecule has 7 heteroatoms. The van der Waals surface area contributed by atoms with Gasteiger partial charge in [-0.05, 0) is 37.1 Å². The van der Waals surface area contributed by atoms with Crippen LogP contribution in [0.5, 0.6) is 11.5 Å². The molecule has 0 radical (unpaired) electrons. The molecule has 1 N–H and O–H groups in total. The molecule has 3 rings (SSSR count). The number of ether oxygens (including phenoxy) is 2. The van der Waals surface area contributed by atoms with Crippen molar-refractivity contribution in [3.05, 3.63) is 47.7 Å². The Balaban J connectivity index is 1.53. The highest BCUT2D eigenvalue weighted by Crippen LogP contribution is 2.23. The number of hydrogen-bond donors (Lipinski definition) is 1. The standard InChI is InChI=1S/C19H22ClN3O3/c1-25-15-6-2-7-16(11-15)26-13-14-5-4-10-23(12-14)19(24)22-17-8-3-9-21-18(17)20/h2-3,6-9,11,14H,4-5,10,12-13H2,1H3,(H,22,24)/t14-/m0/s1. The average Bonchev–Trinajstić information content (AvgIpc) is 2.68. The number of piperidine rings is 1. The minimum absolute atomic E-state index is 0.161. The molecule has 0 spiro atoms. The summed E-state index contributed by atoms with van der Waals surface area (Å²) in [5.41, 5.74) is 0.522. The van der Waals surface area contributed by atoms with E-state index in [9.17, 15) is 4.79 Å². The van der Waals surface area contributed by atoms with Crippen molar-refractivity contribution in [1.29, 1.82) is 0 Å². The van der Waals surface area contributed by atoms with Gasteiger partial charge in [0.2, 0.25) is 0 Å². The number of amides is 2. The van der Waals surface area contributed by atoms with E-state index in [0.29, 0.717) is 18.8 Å². The maximum Gasteiger partial charge on any atom is 0.321 e. The molecule has 1 aromatic carbocycles. The van der Waals surface area contributed by atoms with Gasteiger partial charge in [0.25, 0.3) is 0 Å². The first kappa shape index (κ1) is 18.3. The summed E-state index contributed by atoms with van der Waals surface area (Å²) < 4.78 is 11.1. The number of nitrogens with zero attached hydrogens (tertiary/aromatic N) is 2. The third-order valence-electron chi connectivity index (χ3n) is 4.33. The van der Waals surface area contributed by atoms with Gasteiger partial charge in [0, 0.05) is 31.3 Å². The Morgan fingerprint density at radius 1 is 1.35 bits per heavy atom. The zero-order valence-electron chi connectivity index (χ0n) is 14.7. The van der Waals surface area contributed by atoms with Crippen LogP contribution in [0.3, 0.4) is 0 Å². The Kier molecular flexibility index (Phi) is 6.17. The lowest BCUT2D eigenvalue weighted by molar-refractivity contribution is 0.145. The number of carbonyl (C=O) groups is 1. The molecule has 2 amide bonds. The molecule has 1 aromatic heterocycles. The van der Waals surface area contributed by atoms with Crippen molar-refractivity contribution in [2.45, 2.75) is 12.8 Å². The van der Waals surface area contributed by atoms with E-state index in [1.807, 2.05) is 24.3 Å². The van der Waals surface area contributed by atoms with E-state index in [1.54, 1.807) is 30.3 Å². The largest absolute Gasteiger partial charge is 0.497 e. The van der Waals surface area contributed by atoms with Crippen LogP contribution in [0.4, 0.5) is 10.5 Å². The number of benzene rings is 1. The summed E-state index contributed by atoms with van der Waals surface area (Å²) >= 11 is 6.00. The number of nitrogens with one attached hydrogen (secondary N) is 1. The molecular weight excluding hydrogens is 354 g/mol. The molecule has 1 aliphatic heterocycles. The van der Waals surface area contributed by atoms with E-state index in [-0.39, 0.29) is 17.1 Å². The number of aromatic nitrogens is 1. The van der Waals surface area contributed by atoms with Crippen LogP contribution in [0.25, 0.3) is 0 Å². The van der Waals surface area contributed by atoms with Gasteiger partial charge < -0.3 is 19.7 Å². The monoisotopic (exact) mass is 375 g/mol. The number of anilines is 1. The Labute approximate surface area is 158 Å². The van der Waals surface area contributed by atoms with Crippen molar-refractivity contribution in [2.24, 2.45) is 5.92 Å². The first-order valence-electron chi connectivity index (χ1n) is 8.59. The fourth-order valence-electron chi connectivity index (χ4n) is 2.96. The van der Waals surface area contributed by atoms with Gasteiger partial charge in [-0.2, -0.15) is 0 Å². The smallest absolute Gasteiger partial charge is 0.321 e. The molecular formula is C19H22ClN3O3. The van der Waals surface area contributed by atoms with Gasteiger partial charge in [-0.25, -0.2) is 9.78 Å². The van der Waals surface area contributed by atoms with Gasteiger partial charge in [-0.15, -0.1) is 0 Å². The first-order valence-corrected chi connectivity index (χ1v) is 8.97. The van der Waals surface area contributed by atoms with Crippen LogP contribution >= 0.6 is 11.6 Å². The van der Waals surface area contributed by atoms with E-state index >= 15 is 0 Å². The topological polar surface area (TPSA) is 63.7 Å². The summed E-state index contributed by atoms with van der Waals surface area (Å²) in [6.45, 7) is 1.93. The number of carbonyl (C=O) groups excluding carboxylic acids is 1. The first-order chi connectivity index (χ1) is 12.7. The molecule has 0 bridgehead atoms. The number of likely N-dealkylation sites (tertiary alicyclic amines) is 1. The second kappa shape index (κ2) is 8.76. The minimum Gasteiger partial charge on any atom is -0.497 e. The fraction of sp³-hybridized carbons (Fsp3) is 0.368. The maximum absolute atomic E-state index is 12.5. The summed E-state index contributed by atoms with van der Waals surface area (Å²) in [4.78, 5) is 18.3. The molecule has 26 heavy (non-hydrogen) atoms. The molecule has 1 atom stereocenters. The summed E-state index contributed by atoms with van der Waals surface area (Å²) in [6.07, 6.45) is 3.56.